The highest BCUT2D eigenvalue weighted by Gasteiger charge is 2.13. The number of carbonyl (C=O) groups is 1. The third kappa shape index (κ3) is 3.29. The van der Waals surface area contributed by atoms with Crippen LogP contribution < -0.4 is 5.32 Å². The van der Waals surface area contributed by atoms with Crippen molar-refractivity contribution in [3.8, 4) is 5.69 Å². The van der Waals surface area contributed by atoms with Gasteiger partial charge >= 0.3 is 0 Å². The van der Waals surface area contributed by atoms with Crippen LogP contribution in [-0.2, 0) is 0 Å². The van der Waals surface area contributed by atoms with Crippen molar-refractivity contribution in [3.63, 3.8) is 0 Å². The highest BCUT2D eigenvalue weighted by molar-refractivity contribution is 5.94. The molecule has 3 aromatic rings. The van der Waals surface area contributed by atoms with Crippen molar-refractivity contribution in [3.05, 3.63) is 77.9 Å². The Bertz CT molecular complexity index is 794. The summed E-state index contributed by atoms with van der Waals surface area (Å²) in [5.41, 5.74) is 3.78. The van der Waals surface area contributed by atoms with Crippen LogP contribution in [0, 0.1) is 6.92 Å². The average molecular weight is 306 g/mol. The summed E-state index contributed by atoms with van der Waals surface area (Å²) in [6, 6.07) is 15.3. The Kier molecular flexibility index (Phi) is 4.19. The van der Waals surface area contributed by atoms with E-state index in [-0.39, 0.29) is 11.9 Å². The van der Waals surface area contributed by atoms with Crippen molar-refractivity contribution in [2.75, 3.05) is 0 Å². The van der Waals surface area contributed by atoms with E-state index in [1.54, 1.807) is 23.1 Å². The minimum Gasteiger partial charge on any atom is -0.346 e. The number of benzene rings is 2. The quantitative estimate of drug-likeness (QED) is 0.806. The maximum Gasteiger partial charge on any atom is 0.251 e. The molecule has 0 saturated carbocycles. The van der Waals surface area contributed by atoms with Gasteiger partial charge in [0.2, 0.25) is 0 Å². The van der Waals surface area contributed by atoms with E-state index in [0.29, 0.717) is 5.56 Å². The summed E-state index contributed by atoms with van der Waals surface area (Å²) in [6.45, 7) is 4.04. The second-order valence-corrected chi connectivity index (χ2v) is 5.44. The minimum atomic E-state index is -0.0918. The Morgan fingerprint density at radius 1 is 1.13 bits per heavy atom. The molecule has 0 aliphatic heterocycles. The highest BCUT2D eigenvalue weighted by atomic mass is 16.1. The summed E-state index contributed by atoms with van der Waals surface area (Å²) in [7, 11) is 0. The summed E-state index contributed by atoms with van der Waals surface area (Å²) in [5, 5.41) is 7.10. The summed E-state index contributed by atoms with van der Waals surface area (Å²) in [4.78, 5) is 16.3. The van der Waals surface area contributed by atoms with Crippen molar-refractivity contribution in [2.45, 2.75) is 19.9 Å². The summed E-state index contributed by atoms with van der Waals surface area (Å²) in [5.74, 6) is -0.0918. The molecule has 1 atom stereocenters. The molecule has 116 valence electrons. The fourth-order valence-electron chi connectivity index (χ4n) is 2.54. The average Bonchev–Trinajstić information content (AvgIpc) is 3.09. The number of amides is 1. The first-order valence-electron chi connectivity index (χ1n) is 7.46. The van der Waals surface area contributed by atoms with Crippen LogP contribution in [0.15, 0.2) is 61.2 Å². The fraction of sp³-hybridized carbons (Fsp3) is 0.167. The normalized spacial score (nSPS) is 11.9. The fourth-order valence-corrected chi connectivity index (χ4v) is 2.54. The molecule has 2 aromatic carbocycles. The predicted octanol–water partition coefficient (Wildman–Crippen LogP) is 3.07. The first-order chi connectivity index (χ1) is 11.1. The Morgan fingerprint density at radius 2 is 1.87 bits per heavy atom. The van der Waals surface area contributed by atoms with Gasteiger partial charge in [0, 0.05) is 5.56 Å². The molecular formula is C18H18N4O. The van der Waals surface area contributed by atoms with E-state index in [4.69, 9.17) is 0 Å². The summed E-state index contributed by atoms with van der Waals surface area (Å²) in [6.07, 6.45) is 3.10. The lowest BCUT2D eigenvalue weighted by molar-refractivity contribution is 0.0940. The van der Waals surface area contributed by atoms with Gasteiger partial charge < -0.3 is 5.32 Å². The monoisotopic (exact) mass is 306 g/mol. The smallest absolute Gasteiger partial charge is 0.251 e. The largest absolute Gasteiger partial charge is 0.346 e. The topological polar surface area (TPSA) is 59.8 Å². The molecule has 1 aromatic heterocycles. The lowest BCUT2D eigenvalue weighted by atomic mass is 10.0. The molecule has 0 aliphatic carbocycles. The molecule has 1 heterocycles. The number of aromatic nitrogens is 3. The Hall–Kier alpha value is -2.95. The molecule has 0 spiro atoms. The Balaban J connectivity index is 1.72. The third-order valence-corrected chi connectivity index (χ3v) is 3.82. The molecule has 5 heteroatoms. The van der Waals surface area contributed by atoms with Gasteiger partial charge in [-0.15, -0.1) is 0 Å². The first-order valence-corrected chi connectivity index (χ1v) is 7.46. The third-order valence-electron chi connectivity index (χ3n) is 3.82. The molecule has 0 fully saturated rings. The van der Waals surface area contributed by atoms with E-state index >= 15 is 0 Å². The Labute approximate surface area is 135 Å². The number of nitrogens with zero attached hydrogens (tertiary/aromatic N) is 3. The van der Waals surface area contributed by atoms with Gasteiger partial charge in [0.25, 0.3) is 5.91 Å². The molecule has 0 aliphatic rings. The van der Waals surface area contributed by atoms with Crippen LogP contribution in [0.2, 0.25) is 0 Å². The lowest BCUT2D eigenvalue weighted by Crippen LogP contribution is -2.27. The molecule has 1 N–H and O–H groups in total. The van der Waals surface area contributed by atoms with Crippen LogP contribution in [0.5, 0.6) is 0 Å². The lowest BCUT2D eigenvalue weighted by Gasteiger charge is -2.16. The van der Waals surface area contributed by atoms with Gasteiger partial charge in [0.1, 0.15) is 12.7 Å². The van der Waals surface area contributed by atoms with Crippen LogP contribution in [-0.4, -0.2) is 20.7 Å². The number of aryl methyl sites for hydroxylation is 1. The predicted molar refractivity (Wildman–Crippen MR) is 88.4 cm³/mol. The second-order valence-electron chi connectivity index (χ2n) is 5.44. The molecule has 1 amide bonds. The molecule has 1 unspecified atom stereocenters. The van der Waals surface area contributed by atoms with Gasteiger partial charge in [-0.1, -0.05) is 24.3 Å². The van der Waals surface area contributed by atoms with Crippen molar-refractivity contribution >= 4 is 5.91 Å². The van der Waals surface area contributed by atoms with Crippen LogP contribution in [0.3, 0.4) is 0 Å². The molecule has 23 heavy (non-hydrogen) atoms. The van der Waals surface area contributed by atoms with Crippen LogP contribution in [0.25, 0.3) is 5.69 Å². The molecular weight excluding hydrogens is 288 g/mol. The van der Waals surface area contributed by atoms with E-state index in [2.05, 4.69) is 15.4 Å². The van der Waals surface area contributed by atoms with Crippen LogP contribution in [0.1, 0.15) is 34.5 Å². The van der Waals surface area contributed by atoms with E-state index in [9.17, 15) is 4.79 Å². The number of rotatable bonds is 4. The summed E-state index contributed by atoms with van der Waals surface area (Å²) < 4.78 is 1.65. The number of nitrogens with one attached hydrogen (secondary N) is 1. The van der Waals surface area contributed by atoms with Gasteiger partial charge in [-0.25, -0.2) is 9.67 Å². The van der Waals surface area contributed by atoms with Gasteiger partial charge in [0.05, 0.1) is 11.7 Å². The molecule has 0 bridgehead atoms. The maximum atomic E-state index is 12.4. The highest BCUT2D eigenvalue weighted by Crippen LogP contribution is 2.17. The van der Waals surface area contributed by atoms with Gasteiger partial charge in [-0.2, -0.15) is 5.10 Å². The number of hydrogen-bond acceptors (Lipinski definition) is 3. The number of hydrogen-bond donors (Lipinski definition) is 1. The molecule has 0 saturated heterocycles. The van der Waals surface area contributed by atoms with E-state index in [1.165, 1.54) is 11.9 Å². The minimum absolute atomic E-state index is 0.0429. The van der Waals surface area contributed by atoms with Gasteiger partial charge in [-0.3, -0.25) is 4.79 Å². The zero-order chi connectivity index (χ0) is 16.2. The van der Waals surface area contributed by atoms with Gasteiger partial charge in [0.15, 0.2) is 0 Å². The van der Waals surface area contributed by atoms with Gasteiger partial charge in [-0.05, 0) is 49.2 Å². The first kappa shape index (κ1) is 15.0. The van der Waals surface area contributed by atoms with Crippen molar-refractivity contribution < 1.29 is 4.79 Å². The van der Waals surface area contributed by atoms with Crippen LogP contribution >= 0.6 is 0 Å². The zero-order valence-corrected chi connectivity index (χ0v) is 13.1. The molecule has 0 radical (unpaired) electrons. The van der Waals surface area contributed by atoms with E-state index < -0.39 is 0 Å². The van der Waals surface area contributed by atoms with Crippen LogP contribution in [0.4, 0.5) is 0 Å². The number of carbonyl (C=O) groups excluding carboxylic acids is 1. The van der Waals surface area contributed by atoms with E-state index in [1.807, 2.05) is 50.2 Å². The standard InChI is InChI=1S/C18H18N4O/c1-13-5-3-4-6-17(13)14(2)21-18(23)15-7-9-16(10-8-15)22-12-19-11-20-22/h3-12,14H,1-2H3,(H,21,23). The molecule has 3 rings (SSSR count). The van der Waals surface area contributed by atoms with E-state index in [0.717, 1.165) is 11.3 Å². The van der Waals surface area contributed by atoms with Crippen molar-refractivity contribution in [1.82, 2.24) is 20.1 Å². The van der Waals surface area contributed by atoms with Crippen molar-refractivity contribution in [2.24, 2.45) is 0 Å². The zero-order valence-electron chi connectivity index (χ0n) is 13.1. The summed E-state index contributed by atoms with van der Waals surface area (Å²) >= 11 is 0. The maximum absolute atomic E-state index is 12.4. The van der Waals surface area contributed by atoms with Crippen molar-refractivity contribution in [1.29, 1.82) is 0 Å². The second kappa shape index (κ2) is 6.44. The molecule has 5 nitrogen and oxygen atoms in total. The SMILES string of the molecule is Cc1ccccc1C(C)NC(=O)c1ccc(-n2cncn2)cc1. The Morgan fingerprint density at radius 3 is 2.52 bits per heavy atom.